The molecular formula is C12H16N2S. The number of rotatable bonds is 4. The summed E-state index contributed by atoms with van der Waals surface area (Å²) in [5.74, 6) is 2.59. The van der Waals surface area contributed by atoms with E-state index < -0.39 is 0 Å². The van der Waals surface area contributed by atoms with Crippen LogP contribution in [0.4, 0.5) is 0 Å². The van der Waals surface area contributed by atoms with Gasteiger partial charge >= 0.3 is 0 Å². The van der Waals surface area contributed by atoms with Crippen molar-refractivity contribution < 1.29 is 0 Å². The Morgan fingerprint density at radius 2 is 2.53 bits per heavy atom. The van der Waals surface area contributed by atoms with Gasteiger partial charge in [0.25, 0.3) is 0 Å². The molecule has 1 N–H and O–H groups in total. The Balaban J connectivity index is 1.76. The molecule has 15 heavy (non-hydrogen) atoms. The standard InChI is InChI=1S/C12H16N2S/c1-2-5-13-6-8-14-7-3-12-11(10-14)4-9-15-12/h1,4,9,13H,3,5-8,10H2. The predicted octanol–water partition coefficient (Wildman–Crippen LogP) is 1.33. The van der Waals surface area contributed by atoms with Crippen molar-refractivity contribution in [2.24, 2.45) is 0 Å². The molecule has 0 fully saturated rings. The minimum Gasteiger partial charge on any atom is -0.305 e. The molecule has 1 aliphatic rings. The minimum atomic E-state index is 0.678. The van der Waals surface area contributed by atoms with Gasteiger partial charge in [0.05, 0.1) is 6.54 Å². The highest BCUT2D eigenvalue weighted by Gasteiger charge is 2.15. The molecule has 1 aromatic heterocycles. The smallest absolute Gasteiger partial charge is 0.0574 e. The van der Waals surface area contributed by atoms with Crippen LogP contribution in [0.25, 0.3) is 0 Å². The third-order valence-corrected chi connectivity index (χ3v) is 3.74. The Bertz CT molecular complexity index is 351. The van der Waals surface area contributed by atoms with Gasteiger partial charge in [0.2, 0.25) is 0 Å². The van der Waals surface area contributed by atoms with E-state index in [4.69, 9.17) is 6.42 Å². The maximum absolute atomic E-state index is 5.17. The lowest BCUT2D eigenvalue weighted by Gasteiger charge is -2.26. The zero-order chi connectivity index (χ0) is 10.5. The number of nitrogens with zero attached hydrogens (tertiary/aromatic N) is 1. The molecule has 0 aliphatic carbocycles. The Morgan fingerprint density at radius 3 is 3.40 bits per heavy atom. The lowest BCUT2D eigenvalue weighted by molar-refractivity contribution is 0.257. The monoisotopic (exact) mass is 220 g/mol. The Hall–Kier alpha value is -0.820. The molecule has 2 rings (SSSR count). The molecular weight excluding hydrogens is 204 g/mol. The van der Waals surface area contributed by atoms with Crippen molar-refractivity contribution in [3.8, 4) is 12.3 Å². The molecule has 0 saturated carbocycles. The number of thiophene rings is 1. The van der Waals surface area contributed by atoms with Gasteiger partial charge in [0.15, 0.2) is 0 Å². The van der Waals surface area contributed by atoms with E-state index in [2.05, 4.69) is 27.6 Å². The zero-order valence-electron chi connectivity index (χ0n) is 8.83. The fourth-order valence-corrected chi connectivity index (χ4v) is 2.79. The van der Waals surface area contributed by atoms with Gasteiger partial charge in [-0.15, -0.1) is 17.8 Å². The Kier molecular flexibility index (Phi) is 3.79. The van der Waals surface area contributed by atoms with E-state index in [1.54, 1.807) is 4.88 Å². The first-order valence-electron chi connectivity index (χ1n) is 5.32. The van der Waals surface area contributed by atoms with Gasteiger partial charge in [-0.2, -0.15) is 0 Å². The Labute approximate surface area is 95.3 Å². The molecule has 2 nitrogen and oxygen atoms in total. The first-order chi connectivity index (χ1) is 7.40. The normalized spacial score (nSPS) is 15.9. The maximum atomic E-state index is 5.17. The van der Waals surface area contributed by atoms with Crippen LogP contribution in [0, 0.1) is 12.3 Å². The van der Waals surface area contributed by atoms with Crippen molar-refractivity contribution in [1.82, 2.24) is 10.2 Å². The minimum absolute atomic E-state index is 0.678. The molecule has 1 aliphatic heterocycles. The van der Waals surface area contributed by atoms with E-state index in [0.29, 0.717) is 6.54 Å². The van der Waals surface area contributed by atoms with E-state index in [1.165, 1.54) is 18.5 Å². The van der Waals surface area contributed by atoms with Crippen LogP contribution >= 0.6 is 11.3 Å². The average Bonchev–Trinajstić information content (AvgIpc) is 2.71. The molecule has 0 unspecified atom stereocenters. The summed E-state index contributed by atoms with van der Waals surface area (Å²) < 4.78 is 0. The summed E-state index contributed by atoms with van der Waals surface area (Å²) in [4.78, 5) is 4.06. The van der Waals surface area contributed by atoms with Crippen LogP contribution in [0.2, 0.25) is 0 Å². The van der Waals surface area contributed by atoms with E-state index in [9.17, 15) is 0 Å². The van der Waals surface area contributed by atoms with Crippen molar-refractivity contribution >= 4 is 11.3 Å². The molecule has 0 aromatic carbocycles. The second kappa shape index (κ2) is 5.32. The number of hydrogen-bond donors (Lipinski definition) is 1. The Morgan fingerprint density at radius 1 is 1.60 bits per heavy atom. The van der Waals surface area contributed by atoms with Gasteiger partial charge < -0.3 is 5.32 Å². The summed E-state index contributed by atoms with van der Waals surface area (Å²) in [7, 11) is 0. The zero-order valence-corrected chi connectivity index (χ0v) is 9.65. The van der Waals surface area contributed by atoms with Gasteiger partial charge in [-0.05, 0) is 23.4 Å². The van der Waals surface area contributed by atoms with Crippen LogP contribution in [0.3, 0.4) is 0 Å². The highest BCUT2D eigenvalue weighted by molar-refractivity contribution is 7.10. The summed E-state index contributed by atoms with van der Waals surface area (Å²) >= 11 is 1.89. The first kappa shape index (κ1) is 10.7. The molecule has 0 saturated heterocycles. The van der Waals surface area contributed by atoms with Crippen LogP contribution in [-0.4, -0.2) is 31.1 Å². The molecule has 0 bridgehead atoms. The van der Waals surface area contributed by atoms with Gasteiger partial charge in [0.1, 0.15) is 0 Å². The molecule has 0 radical (unpaired) electrons. The van der Waals surface area contributed by atoms with E-state index in [1.807, 2.05) is 11.3 Å². The quantitative estimate of drug-likeness (QED) is 0.608. The van der Waals surface area contributed by atoms with Crippen LogP contribution in [-0.2, 0) is 13.0 Å². The second-order valence-corrected chi connectivity index (χ2v) is 4.78. The summed E-state index contributed by atoms with van der Waals surface area (Å²) in [6, 6.07) is 2.25. The van der Waals surface area contributed by atoms with Crippen LogP contribution in [0.5, 0.6) is 0 Å². The van der Waals surface area contributed by atoms with Gasteiger partial charge in [-0.25, -0.2) is 0 Å². The van der Waals surface area contributed by atoms with Crippen molar-refractivity contribution in [3.05, 3.63) is 21.9 Å². The first-order valence-corrected chi connectivity index (χ1v) is 6.20. The lowest BCUT2D eigenvalue weighted by atomic mass is 10.1. The largest absolute Gasteiger partial charge is 0.305 e. The van der Waals surface area contributed by atoms with E-state index in [-0.39, 0.29) is 0 Å². The van der Waals surface area contributed by atoms with Gasteiger partial charge in [0, 0.05) is 31.1 Å². The predicted molar refractivity (Wildman–Crippen MR) is 65.0 cm³/mol. The molecule has 3 heteroatoms. The molecule has 0 spiro atoms. The molecule has 0 atom stereocenters. The highest BCUT2D eigenvalue weighted by atomic mass is 32.1. The second-order valence-electron chi connectivity index (χ2n) is 3.78. The molecule has 80 valence electrons. The number of fused-ring (bicyclic) bond motifs is 1. The fourth-order valence-electron chi connectivity index (χ4n) is 1.90. The van der Waals surface area contributed by atoms with Crippen LogP contribution in [0.15, 0.2) is 11.4 Å². The summed E-state index contributed by atoms with van der Waals surface area (Å²) in [5.41, 5.74) is 1.52. The summed E-state index contributed by atoms with van der Waals surface area (Å²) in [6.07, 6.45) is 6.38. The van der Waals surface area contributed by atoms with Crippen molar-refractivity contribution in [3.63, 3.8) is 0 Å². The van der Waals surface area contributed by atoms with Gasteiger partial charge in [-0.3, -0.25) is 4.90 Å². The number of terminal acetylenes is 1. The topological polar surface area (TPSA) is 15.3 Å². The molecule has 1 aromatic rings. The van der Waals surface area contributed by atoms with E-state index in [0.717, 1.165) is 19.6 Å². The average molecular weight is 220 g/mol. The van der Waals surface area contributed by atoms with Crippen molar-refractivity contribution in [2.45, 2.75) is 13.0 Å². The summed E-state index contributed by atoms with van der Waals surface area (Å²) in [6.45, 7) is 5.06. The third-order valence-electron chi connectivity index (χ3n) is 2.72. The SMILES string of the molecule is C#CCNCCN1CCc2sccc2C1. The van der Waals surface area contributed by atoms with Crippen LogP contribution < -0.4 is 5.32 Å². The van der Waals surface area contributed by atoms with Crippen molar-refractivity contribution in [1.29, 1.82) is 0 Å². The van der Waals surface area contributed by atoms with E-state index >= 15 is 0 Å². The number of hydrogen-bond acceptors (Lipinski definition) is 3. The maximum Gasteiger partial charge on any atom is 0.0574 e. The molecule has 0 amide bonds. The highest BCUT2D eigenvalue weighted by Crippen LogP contribution is 2.23. The van der Waals surface area contributed by atoms with Crippen LogP contribution in [0.1, 0.15) is 10.4 Å². The third kappa shape index (κ3) is 2.82. The number of nitrogens with one attached hydrogen (secondary N) is 1. The van der Waals surface area contributed by atoms with Gasteiger partial charge in [-0.1, -0.05) is 5.92 Å². The summed E-state index contributed by atoms with van der Waals surface area (Å²) in [5, 5.41) is 5.42. The molecule has 2 heterocycles. The lowest BCUT2D eigenvalue weighted by Crippen LogP contribution is -2.35. The van der Waals surface area contributed by atoms with Crippen molar-refractivity contribution in [2.75, 3.05) is 26.2 Å². The fraction of sp³-hybridized carbons (Fsp3) is 0.500.